The quantitative estimate of drug-likeness (QED) is 0.663. The minimum absolute atomic E-state index is 0.188. The van der Waals surface area contributed by atoms with Gasteiger partial charge in [-0.1, -0.05) is 47.6 Å². The predicted molar refractivity (Wildman–Crippen MR) is 94.5 cm³/mol. The van der Waals surface area contributed by atoms with Gasteiger partial charge in [-0.15, -0.1) is 0 Å². The summed E-state index contributed by atoms with van der Waals surface area (Å²) in [7, 11) is 0. The number of carbonyl (C=O) groups is 2. The average molecular weight is 315 g/mol. The zero-order chi connectivity index (χ0) is 18.0. The van der Waals surface area contributed by atoms with Crippen molar-refractivity contribution in [1.82, 2.24) is 0 Å². The van der Waals surface area contributed by atoms with Crippen LogP contribution in [0.15, 0.2) is 18.2 Å². The first kappa shape index (κ1) is 19.1. The van der Waals surface area contributed by atoms with E-state index in [0.29, 0.717) is 5.75 Å². The molecule has 0 saturated heterocycles. The summed E-state index contributed by atoms with van der Waals surface area (Å²) in [6.07, 6.45) is 2.90. The minimum atomic E-state index is -0.392. The maximum absolute atomic E-state index is 11.7. The lowest BCUT2D eigenvalue weighted by Gasteiger charge is -2.27. The number of phenolic OH excluding ortho intramolecular Hbond substituents is 1. The molecule has 0 fully saturated rings. The third-order valence-corrected chi connectivity index (χ3v) is 3.58. The Morgan fingerprint density at radius 3 is 1.83 bits per heavy atom. The highest BCUT2D eigenvalue weighted by molar-refractivity contribution is 6.07. The van der Waals surface area contributed by atoms with Gasteiger partial charge in [0.05, 0.1) is 6.42 Å². The van der Waals surface area contributed by atoms with Gasteiger partial charge in [-0.25, -0.2) is 0 Å². The third kappa shape index (κ3) is 5.34. The summed E-state index contributed by atoms with van der Waals surface area (Å²) in [6, 6.07) is 3.78. The van der Waals surface area contributed by atoms with Crippen LogP contribution in [-0.4, -0.2) is 16.7 Å². The van der Waals surface area contributed by atoms with E-state index in [-0.39, 0.29) is 23.0 Å². The van der Waals surface area contributed by atoms with Gasteiger partial charge >= 0.3 is 0 Å². The second-order valence-electron chi connectivity index (χ2n) is 7.98. The number of carbonyl (C=O) groups excluding carboxylic acids is 2. The number of hydrogen-bond acceptors (Lipinski definition) is 3. The summed E-state index contributed by atoms with van der Waals surface area (Å²) in [5.74, 6) is -0.356. The fourth-order valence-corrected chi connectivity index (χ4v) is 2.34. The van der Waals surface area contributed by atoms with Crippen molar-refractivity contribution in [3.05, 3.63) is 41.8 Å². The van der Waals surface area contributed by atoms with E-state index in [4.69, 9.17) is 0 Å². The molecule has 0 unspecified atom stereocenters. The topological polar surface area (TPSA) is 54.4 Å². The first-order valence-corrected chi connectivity index (χ1v) is 7.76. The Kier molecular flexibility index (Phi) is 5.57. The number of ketones is 2. The van der Waals surface area contributed by atoms with Crippen molar-refractivity contribution in [2.75, 3.05) is 0 Å². The van der Waals surface area contributed by atoms with Gasteiger partial charge in [-0.2, -0.15) is 0 Å². The number of phenols is 1. The van der Waals surface area contributed by atoms with Gasteiger partial charge in [0.1, 0.15) is 11.5 Å². The first-order chi connectivity index (χ1) is 10.3. The molecule has 1 aromatic carbocycles. The number of Topliss-reactive ketones (excluding diaryl/α,β-unsaturated/α-hetero) is 1. The van der Waals surface area contributed by atoms with Crippen molar-refractivity contribution >= 4 is 17.6 Å². The Hall–Kier alpha value is -1.90. The second kappa shape index (κ2) is 6.69. The van der Waals surface area contributed by atoms with Crippen molar-refractivity contribution in [3.8, 4) is 5.75 Å². The van der Waals surface area contributed by atoms with Crippen molar-refractivity contribution in [2.24, 2.45) is 0 Å². The van der Waals surface area contributed by atoms with Crippen LogP contribution in [0.5, 0.6) is 5.75 Å². The lowest BCUT2D eigenvalue weighted by Crippen LogP contribution is -2.17. The molecule has 3 nitrogen and oxygen atoms in total. The second-order valence-corrected chi connectivity index (χ2v) is 7.98. The molecule has 1 aromatic rings. The van der Waals surface area contributed by atoms with Crippen LogP contribution < -0.4 is 0 Å². The highest BCUT2D eigenvalue weighted by Crippen LogP contribution is 2.39. The first-order valence-electron chi connectivity index (χ1n) is 7.76. The number of allylic oxidation sites excluding steroid dienone is 1. The van der Waals surface area contributed by atoms with Gasteiger partial charge in [-0.3, -0.25) is 9.59 Å². The smallest absolute Gasteiger partial charge is 0.163 e. The molecule has 1 radical (unpaired) electrons. The van der Waals surface area contributed by atoms with E-state index in [0.717, 1.165) is 16.7 Å². The SMILES string of the molecule is [CH2]C(=O)CC(=O)/C=C/c1cc(C(C)(C)C)c(O)c(C(C)(C)C)c1. The van der Waals surface area contributed by atoms with Gasteiger partial charge in [0.2, 0.25) is 0 Å². The number of aromatic hydroxyl groups is 1. The summed E-state index contributed by atoms with van der Waals surface area (Å²) in [5.41, 5.74) is 2.07. The highest BCUT2D eigenvalue weighted by atomic mass is 16.3. The third-order valence-electron chi connectivity index (χ3n) is 3.58. The molecule has 0 atom stereocenters. The average Bonchev–Trinajstić information content (AvgIpc) is 2.33. The van der Waals surface area contributed by atoms with Gasteiger partial charge in [-0.05, 0) is 34.6 Å². The molecular weight excluding hydrogens is 288 g/mol. The van der Waals surface area contributed by atoms with E-state index >= 15 is 0 Å². The predicted octanol–water partition coefficient (Wildman–Crippen LogP) is 4.36. The Morgan fingerprint density at radius 2 is 1.48 bits per heavy atom. The van der Waals surface area contributed by atoms with E-state index in [9.17, 15) is 14.7 Å². The van der Waals surface area contributed by atoms with E-state index in [1.54, 1.807) is 6.08 Å². The van der Waals surface area contributed by atoms with Crippen LogP contribution in [0.25, 0.3) is 6.08 Å². The Labute approximate surface area is 139 Å². The molecule has 125 valence electrons. The molecular formula is C20H27O3. The standard InChI is InChI=1S/C20H27O3/c1-13(21)10-15(22)9-8-14-11-16(19(2,3)4)18(23)17(12-14)20(5,6)7/h8-9,11-12,23H,1,10H2,2-7H3/b9-8+. The number of hydrogen-bond donors (Lipinski definition) is 1. The van der Waals surface area contributed by atoms with Crippen LogP contribution in [-0.2, 0) is 20.4 Å². The lowest BCUT2D eigenvalue weighted by atomic mass is 9.78. The van der Waals surface area contributed by atoms with Crippen molar-refractivity contribution in [1.29, 1.82) is 0 Å². The Morgan fingerprint density at radius 1 is 1.04 bits per heavy atom. The van der Waals surface area contributed by atoms with Crippen LogP contribution in [0.4, 0.5) is 0 Å². The fourth-order valence-electron chi connectivity index (χ4n) is 2.34. The fraction of sp³-hybridized carbons (Fsp3) is 0.450. The summed E-state index contributed by atoms with van der Waals surface area (Å²) in [4.78, 5) is 22.5. The van der Waals surface area contributed by atoms with E-state index < -0.39 is 5.78 Å². The van der Waals surface area contributed by atoms with Gasteiger partial charge < -0.3 is 5.11 Å². The summed E-state index contributed by atoms with van der Waals surface area (Å²) >= 11 is 0. The van der Waals surface area contributed by atoms with Crippen LogP contribution in [0, 0.1) is 6.92 Å². The van der Waals surface area contributed by atoms with E-state index in [2.05, 4.69) is 6.92 Å². The molecule has 23 heavy (non-hydrogen) atoms. The Balaban J connectivity index is 3.37. The summed E-state index contributed by atoms with van der Waals surface area (Å²) in [5, 5.41) is 10.6. The van der Waals surface area contributed by atoms with Crippen molar-refractivity contribution in [2.45, 2.75) is 58.8 Å². The van der Waals surface area contributed by atoms with Crippen LogP contribution in [0.2, 0.25) is 0 Å². The van der Waals surface area contributed by atoms with Crippen molar-refractivity contribution in [3.63, 3.8) is 0 Å². The maximum atomic E-state index is 11.7. The van der Waals surface area contributed by atoms with Crippen LogP contribution >= 0.6 is 0 Å². The largest absolute Gasteiger partial charge is 0.507 e. The molecule has 3 heteroatoms. The normalized spacial score (nSPS) is 12.7. The zero-order valence-corrected chi connectivity index (χ0v) is 15.0. The lowest BCUT2D eigenvalue weighted by molar-refractivity contribution is -0.122. The molecule has 1 N–H and O–H groups in total. The number of benzene rings is 1. The molecule has 1 rings (SSSR count). The molecule has 0 aliphatic rings. The molecule has 0 amide bonds. The molecule has 0 spiro atoms. The maximum Gasteiger partial charge on any atom is 0.163 e. The van der Waals surface area contributed by atoms with E-state index in [1.165, 1.54) is 6.08 Å². The van der Waals surface area contributed by atoms with E-state index in [1.807, 2.05) is 53.7 Å². The zero-order valence-electron chi connectivity index (χ0n) is 15.0. The highest BCUT2D eigenvalue weighted by Gasteiger charge is 2.26. The van der Waals surface area contributed by atoms with Crippen molar-refractivity contribution < 1.29 is 14.7 Å². The Bertz CT molecular complexity index is 603. The number of rotatable bonds is 4. The molecule has 0 aromatic heterocycles. The van der Waals surface area contributed by atoms with Gasteiger partial charge in [0, 0.05) is 18.1 Å². The summed E-state index contributed by atoms with van der Waals surface area (Å²) < 4.78 is 0. The summed E-state index contributed by atoms with van der Waals surface area (Å²) in [6.45, 7) is 15.4. The monoisotopic (exact) mass is 315 g/mol. The molecule has 0 heterocycles. The minimum Gasteiger partial charge on any atom is -0.507 e. The van der Waals surface area contributed by atoms with Crippen LogP contribution in [0.3, 0.4) is 0 Å². The van der Waals surface area contributed by atoms with Gasteiger partial charge in [0.25, 0.3) is 0 Å². The van der Waals surface area contributed by atoms with Gasteiger partial charge in [0.15, 0.2) is 5.78 Å². The molecule has 0 bridgehead atoms. The molecule has 0 aliphatic carbocycles. The molecule has 0 saturated carbocycles. The molecule has 0 aliphatic heterocycles. The van der Waals surface area contributed by atoms with Crippen LogP contribution in [0.1, 0.15) is 64.7 Å².